The predicted molar refractivity (Wildman–Crippen MR) is 70.6 cm³/mol. The molecule has 0 bridgehead atoms. The van der Waals surface area contributed by atoms with Crippen molar-refractivity contribution < 1.29 is 0 Å². The molecule has 0 fully saturated rings. The zero-order valence-electron chi connectivity index (χ0n) is 10.4. The van der Waals surface area contributed by atoms with E-state index >= 15 is 0 Å². The lowest BCUT2D eigenvalue weighted by atomic mass is 10.1. The van der Waals surface area contributed by atoms with Crippen LogP contribution in [0.25, 0.3) is 0 Å². The second-order valence-electron chi connectivity index (χ2n) is 4.26. The van der Waals surface area contributed by atoms with Gasteiger partial charge in [-0.3, -0.25) is 9.88 Å². The van der Waals surface area contributed by atoms with Crippen LogP contribution in [-0.4, -0.2) is 16.9 Å². The minimum Gasteiger partial charge on any atom is -0.296 e. The highest BCUT2D eigenvalue weighted by molar-refractivity contribution is 5.37. The maximum absolute atomic E-state index is 9.04. The third kappa shape index (κ3) is 3.16. The SMILES string of the molecule is CN(Cc1ccccn1)Cc1ccccc1C#N. The number of hydrogen-bond donors (Lipinski definition) is 0. The van der Waals surface area contributed by atoms with E-state index < -0.39 is 0 Å². The van der Waals surface area contributed by atoms with Gasteiger partial charge in [-0.05, 0) is 30.8 Å². The highest BCUT2D eigenvalue weighted by Gasteiger charge is 2.05. The Morgan fingerprint density at radius 1 is 1.11 bits per heavy atom. The second kappa shape index (κ2) is 5.95. The van der Waals surface area contributed by atoms with Gasteiger partial charge in [-0.15, -0.1) is 0 Å². The predicted octanol–water partition coefficient (Wildman–Crippen LogP) is 2.59. The maximum atomic E-state index is 9.04. The second-order valence-corrected chi connectivity index (χ2v) is 4.26. The maximum Gasteiger partial charge on any atom is 0.0995 e. The van der Waals surface area contributed by atoms with Crippen LogP contribution in [0.5, 0.6) is 0 Å². The van der Waals surface area contributed by atoms with Crippen LogP contribution in [0.1, 0.15) is 16.8 Å². The Morgan fingerprint density at radius 2 is 1.89 bits per heavy atom. The first-order chi connectivity index (χ1) is 8.79. The highest BCUT2D eigenvalue weighted by atomic mass is 15.1. The van der Waals surface area contributed by atoms with Crippen LogP contribution in [0, 0.1) is 11.3 Å². The van der Waals surface area contributed by atoms with Gasteiger partial charge < -0.3 is 0 Å². The summed E-state index contributed by atoms with van der Waals surface area (Å²) in [4.78, 5) is 6.45. The largest absolute Gasteiger partial charge is 0.296 e. The summed E-state index contributed by atoms with van der Waals surface area (Å²) < 4.78 is 0. The van der Waals surface area contributed by atoms with Gasteiger partial charge in [-0.2, -0.15) is 5.26 Å². The van der Waals surface area contributed by atoms with Crippen LogP contribution in [0.3, 0.4) is 0 Å². The van der Waals surface area contributed by atoms with Crippen molar-refractivity contribution in [3.8, 4) is 6.07 Å². The summed E-state index contributed by atoms with van der Waals surface area (Å²) in [5.74, 6) is 0. The number of hydrogen-bond acceptors (Lipinski definition) is 3. The molecule has 0 aliphatic heterocycles. The van der Waals surface area contributed by atoms with E-state index in [0.29, 0.717) is 0 Å². The van der Waals surface area contributed by atoms with Crippen LogP contribution in [0.15, 0.2) is 48.7 Å². The van der Waals surface area contributed by atoms with E-state index in [-0.39, 0.29) is 0 Å². The summed E-state index contributed by atoms with van der Waals surface area (Å²) in [6, 6.07) is 15.8. The molecule has 2 rings (SSSR count). The first kappa shape index (κ1) is 12.3. The molecule has 0 unspecified atom stereocenters. The van der Waals surface area contributed by atoms with E-state index in [9.17, 15) is 0 Å². The van der Waals surface area contributed by atoms with Crippen molar-refractivity contribution in [1.82, 2.24) is 9.88 Å². The number of aromatic nitrogens is 1. The van der Waals surface area contributed by atoms with E-state index in [1.54, 1.807) is 6.20 Å². The van der Waals surface area contributed by atoms with Crippen molar-refractivity contribution in [3.63, 3.8) is 0 Å². The summed E-state index contributed by atoms with van der Waals surface area (Å²) in [6.07, 6.45) is 1.80. The van der Waals surface area contributed by atoms with Crippen molar-refractivity contribution in [2.24, 2.45) is 0 Å². The van der Waals surface area contributed by atoms with Gasteiger partial charge in [0.2, 0.25) is 0 Å². The quantitative estimate of drug-likeness (QED) is 0.820. The van der Waals surface area contributed by atoms with Gasteiger partial charge in [0, 0.05) is 19.3 Å². The Hall–Kier alpha value is -2.18. The van der Waals surface area contributed by atoms with Crippen LogP contribution in [0.2, 0.25) is 0 Å². The molecule has 3 heteroatoms. The number of rotatable bonds is 4. The Kier molecular flexibility index (Phi) is 4.06. The molecule has 0 aliphatic carbocycles. The lowest BCUT2D eigenvalue weighted by Gasteiger charge is -2.16. The molecule has 0 saturated heterocycles. The van der Waals surface area contributed by atoms with E-state index in [0.717, 1.165) is 29.9 Å². The van der Waals surface area contributed by atoms with E-state index in [2.05, 4.69) is 16.0 Å². The summed E-state index contributed by atoms with van der Waals surface area (Å²) in [5.41, 5.74) is 2.83. The Morgan fingerprint density at radius 3 is 2.61 bits per heavy atom. The summed E-state index contributed by atoms with van der Waals surface area (Å²) in [7, 11) is 2.03. The van der Waals surface area contributed by atoms with E-state index in [4.69, 9.17) is 5.26 Å². The zero-order chi connectivity index (χ0) is 12.8. The lowest BCUT2D eigenvalue weighted by Crippen LogP contribution is -2.18. The van der Waals surface area contributed by atoms with Crippen molar-refractivity contribution in [2.45, 2.75) is 13.1 Å². The van der Waals surface area contributed by atoms with Gasteiger partial charge in [0.1, 0.15) is 0 Å². The number of nitriles is 1. The van der Waals surface area contributed by atoms with Gasteiger partial charge in [0.15, 0.2) is 0 Å². The highest BCUT2D eigenvalue weighted by Crippen LogP contribution is 2.11. The molecule has 0 radical (unpaired) electrons. The van der Waals surface area contributed by atoms with Gasteiger partial charge in [0.25, 0.3) is 0 Å². The van der Waals surface area contributed by atoms with Crippen LogP contribution in [0.4, 0.5) is 0 Å². The number of nitrogens with zero attached hydrogens (tertiary/aromatic N) is 3. The molecular formula is C15H15N3. The first-order valence-electron chi connectivity index (χ1n) is 5.86. The normalized spacial score (nSPS) is 10.3. The molecule has 0 atom stereocenters. The van der Waals surface area contributed by atoms with Crippen molar-refractivity contribution >= 4 is 0 Å². The molecule has 0 saturated carbocycles. The summed E-state index contributed by atoms with van der Waals surface area (Å²) >= 11 is 0. The van der Waals surface area contributed by atoms with Crippen LogP contribution in [-0.2, 0) is 13.1 Å². The topological polar surface area (TPSA) is 39.9 Å². The lowest BCUT2D eigenvalue weighted by molar-refractivity contribution is 0.315. The molecule has 0 aliphatic rings. The Balaban J connectivity index is 2.04. The average molecular weight is 237 g/mol. The molecule has 0 N–H and O–H groups in total. The molecule has 2 aromatic rings. The van der Waals surface area contributed by atoms with Crippen molar-refractivity contribution in [1.29, 1.82) is 5.26 Å². The van der Waals surface area contributed by atoms with Gasteiger partial charge in [0.05, 0.1) is 17.3 Å². The smallest absolute Gasteiger partial charge is 0.0995 e. The molecule has 1 heterocycles. The number of pyridine rings is 1. The Bertz CT molecular complexity index is 543. The minimum atomic E-state index is 0.741. The molecule has 90 valence electrons. The molecular weight excluding hydrogens is 222 g/mol. The fourth-order valence-electron chi connectivity index (χ4n) is 1.88. The van der Waals surface area contributed by atoms with Gasteiger partial charge in [-0.1, -0.05) is 24.3 Å². The first-order valence-corrected chi connectivity index (χ1v) is 5.86. The van der Waals surface area contributed by atoms with E-state index in [1.165, 1.54) is 0 Å². The van der Waals surface area contributed by atoms with Gasteiger partial charge in [-0.25, -0.2) is 0 Å². The van der Waals surface area contributed by atoms with Crippen LogP contribution >= 0.6 is 0 Å². The molecule has 18 heavy (non-hydrogen) atoms. The van der Waals surface area contributed by atoms with Crippen LogP contribution < -0.4 is 0 Å². The van der Waals surface area contributed by atoms with Gasteiger partial charge >= 0.3 is 0 Å². The summed E-state index contributed by atoms with van der Waals surface area (Å²) in [5, 5.41) is 9.04. The molecule has 1 aromatic heterocycles. The molecule has 1 aromatic carbocycles. The Labute approximate surface area is 107 Å². The fraction of sp³-hybridized carbons (Fsp3) is 0.200. The standard InChI is InChI=1S/C15H15N3/c1-18(12-15-8-4-5-9-17-15)11-14-7-3-2-6-13(14)10-16/h2-9H,11-12H2,1H3. The number of benzene rings is 1. The molecule has 0 spiro atoms. The average Bonchev–Trinajstić information content (AvgIpc) is 2.40. The fourth-order valence-corrected chi connectivity index (χ4v) is 1.88. The monoisotopic (exact) mass is 237 g/mol. The van der Waals surface area contributed by atoms with E-state index in [1.807, 2.05) is 49.5 Å². The summed E-state index contributed by atoms with van der Waals surface area (Å²) in [6.45, 7) is 1.53. The molecule has 0 amide bonds. The third-order valence-electron chi connectivity index (χ3n) is 2.74. The minimum absolute atomic E-state index is 0.741. The van der Waals surface area contributed by atoms with Crippen molar-refractivity contribution in [3.05, 3.63) is 65.5 Å². The third-order valence-corrected chi connectivity index (χ3v) is 2.74. The zero-order valence-corrected chi connectivity index (χ0v) is 10.4. The molecule has 3 nitrogen and oxygen atoms in total. The van der Waals surface area contributed by atoms with Crippen molar-refractivity contribution in [2.75, 3.05) is 7.05 Å².